The van der Waals surface area contributed by atoms with E-state index < -0.39 is 0 Å². The molecule has 0 aromatic heterocycles. The van der Waals surface area contributed by atoms with Crippen LogP contribution in [0.25, 0.3) is 0 Å². The maximum Gasteiger partial charge on any atom is 0.255 e. The molecule has 0 spiro atoms. The molecule has 7 heteroatoms. The zero-order valence-electron chi connectivity index (χ0n) is 16.9. The number of rotatable bonds is 4. The summed E-state index contributed by atoms with van der Waals surface area (Å²) >= 11 is 6.51. The minimum Gasteiger partial charge on any atom is -0.489 e. The van der Waals surface area contributed by atoms with Crippen molar-refractivity contribution in [3.05, 3.63) is 63.2 Å². The molecule has 0 aliphatic carbocycles. The lowest BCUT2D eigenvalue weighted by Crippen LogP contribution is -2.38. The Morgan fingerprint density at radius 2 is 1.93 bits per heavy atom. The Morgan fingerprint density at radius 3 is 2.67 bits per heavy atom. The normalized spacial score (nSPS) is 16.8. The van der Waals surface area contributed by atoms with Crippen molar-refractivity contribution in [2.45, 2.75) is 32.2 Å². The van der Waals surface area contributed by atoms with Gasteiger partial charge in [0.15, 0.2) is 5.75 Å². The Labute approximate surface area is 180 Å². The van der Waals surface area contributed by atoms with Gasteiger partial charge in [-0.2, -0.15) is 0 Å². The highest BCUT2D eigenvalue weighted by atomic mass is 35.5. The van der Waals surface area contributed by atoms with Gasteiger partial charge in [0.25, 0.3) is 11.8 Å². The van der Waals surface area contributed by atoms with Crippen molar-refractivity contribution in [1.82, 2.24) is 10.6 Å². The molecule has 6 nitrogen and oxygen atoms in total. The SMILES string of the molecule is Cc1c(Cc2ccc(C(=O)NC3CCOCC3)cc2)cc2c(c1Cl)OCCNC2=O. The van der Waals surface area contributed by atoms with Gasteiger partial charge in [0.05, 0.1) is 17.1 Å². The molecule has 2 heterocycles. The molecule has 0 atom stereocenters. The highest BCUT2D eigenvalue weighted by Crippen LogP contribution is 2.36. The molecular weight excluding hydrogens is 404 g/mol. The Kier molecular flexibility index (Phi) is 6.25. The van der Waals surface area contributed by atoms with E-state index in [1.807, 2.05) is 37.3 Å². The first-order chi connectivity index (χ1) is 14.5. The van der Waals surface area contributed by atoms with E-state index in [1.165, 1.54) is 0 Å². The van der Waals surface area contributed by atoms with Gasteiger partial charge in [-0.25, -0.2) is 0 Å². The Hall–Kier alpha value is -2.57. The second-order valence-corrected chi connectivity index (χ2v) is 8.07. The van der Waals surface area contributed by atoms with Crippen LogP contribution in [0.1, 0.15) is 50.2 Å². The van der Waals surface area contributed by atoms with Crippen molar-refractivity contribution in [3.8, 4) is 5.75 Å². The van der Waals surface area contributed by atoms with Crippen molar-refractivity contribution < 1.29 is 19.1 Å². The minimum atomic E-state index is -0.175. The van der Waals surface area contributed by atoms with E-state index in [4.69, 9.17) is 21.1 Å². The van der Waals surface area contributed by atoms with E-state index >= 15 is 0 Å². The largest absolute Gasteiger partial charge is 0.489 e. The number of nitrogens with one attached hydrogen (secondary N) is 2. The van der Waals surface area contributed by atoms with Crippen LogP contribution >= 0.6 is 11.6 Å². The lowest BCUT2D eigenvalue weighted by Gasteiger charge is -2.23. The maximum absolute atomic E-state index is 12.5. The fraction of sp³-hybridized carbons (Fsp3) is 0.391. The molecule has 1 saturated heterocycles. The van der Waals surface area contributed by atoms with Gasteiger partial charge in [-0.15, -0.1) is 0 Å². The number of hydrogen-bond acceptors (Lipinski definition) is 4. The van der Waals surface area contributed by atoms with Gasteiger partial charge < -0.3 is 20.1 Å². The molecule has 2 aliphatic rings. The van der Waals surface area contributed by atoms with E-state index in [0.29, 0.717) is 54.7 Å². The number of hydrogen-bond donors (Lipinski definition) is 2. The van der Waals surface area contributed by atoms with Crippen molar-refractivity contribution in [2.75, 3.05) is 26.4 Å². The Morgan fingerprint density at radius 1 is 1.20 bits per heavy atom. The summed E-state index contributed by atoms with van der Waals surface area (Å²) in [4.78, 5) is 24.8. The fourth-order valence-corrected chi connectivity index (χ4v) is 4.07. The van der Waals surface area contributed by atoms with Gasteiger partial charge in [0, 0.05) is 24.8 Å². The maximum atomic E-state index is 12.5. The molecule has 0 radical (unpaired) electrons. The van der Waals surface area contributed by atoms with Crippen LogP contribution in [-0.2, 0) is 11.2 Å². The third-order valence-corrected chi connectivity index (χ3v) is 6.07. The summed E-state index contributed by atoms with van der Waals surface area (Å²) in [5.74, 6) is 0.213. The summed E-state index contributed by atoms with van der Waals surface area (Å²) in [6, 6.07) is 9.57. The molecule has 2 aromatic rings. The average molecular weight is 429 g/mol. The van der Waals surface area contributed by atoms with E-state index in [1.54, 1.807) is 0 Å². The molecule has 158 valence electrons. The summed E-state index contributed by atoms with van der Waals surface area (Å²) < 4.78 is 11.0. The highest BCUT2D eigenvalue weighted by molar-refractivity contribution is 6.33. The van der Waals surface area contributed by atoms with Gasteiger partial charge in [-0.1, -0.05) is 23.7 Å². The molecule has 4 rings (SSSR count). The third kappa shape index (κ3) is 4.45. The van der Waals surface area contributed by atoms with Gasteiger partial charge in [0.2, 0.25) is 0 Å². The van der Waals surface area contributed by atoms with Crippen LogP contribution in [0.4, 0.5) is 0 Å². The summed E-state index contributed by atoms with van der Waals surface area (Å²) in [6.07, 6.45) is 2.30. The van der Waals surface area contributed by atoms with Crippen molar-refractivity contribution in [2.24, 2.45) is 0 Å². The van der Waals surface area contributed by atoms with Crippen LogP contribution in [-0.4, -0.2) is 44.2 Å². The molecule has 0 bridgehead atoms. The van der Waals surface area contributed by atoms with Crippen LogP contribution in [0.15, 0.2) is 30.3 Å². The standard InChI is InChI=1S/C23H25ClN2O4/c1-14-17(13-19-21(20(14)24)30-11-8-25-23(19)28)12-15-2-4-16(5-3-15)22(27)26-18-6-9-29-10-7-18/h2-5,13,18H,6-12H2,1H3,(H,25,28)(H,26,27). The summed E-state index contributed by atoms with van der Waals surface area (Å²) in [6.45, 7) is 4.16. The highest BCUT2D eigenvalue weighted by Gasteiger charge is 2.23. The van der Waals surface area contributed by atoms with Crippen molar-refractivity contribution in [3.63, 3.8) is 0 Å². The van der Waals surface area contributed by atoms with Gasteiger partial charge in [-0.3, -0.25) is 9.59 Å². The molecule has 2 amide bonds. The first-order valence-corrected chi connectivity index (χ1v) is 10.6. The summed E-state index contributed by atoms with van der Waals surface area (Å²) in [5.41, 5.74) is 3.98. The summed E-state index contributed by atoms with van der Waals surface area (Å²) in [7, 11) is 0. The monoisotopic (exact) mass is 428 g/mol. The number of halogens is 1. The molecule has 2 aromatic carbocycles. The number of fused-ring (bicyclic) bond motifs is 1. The number of benzene rings is 2. The van der Waals surface area contributed by atoms with E-state index in [-0.39, 0.29) is 17.9 Å². The van der Waals surface area contributed by atoms with Crippen LogP contribution in [0, 0.1) is 6.92 Å². The first-order valence-electron chi connectivity index (χ1n) is 10.2. The Bertz CT molecular complexity index is 953. The topological polar surface area (TPSA) is 76.7 Å². The Balaban J connectivity index is 1.50. The van der Waals surface area contributed by atoms with Crippen molar-refractivity contribution in [1.29, 1.82) is 0 Å². The predicted octanol–water partition coefficient (Wildman–Crippen LogP) is 3.27. The average Bonchev–Trinajstić information content (AvgIpc) is 2.94. The number of carbonyl (C=O) groups is 2. The van der Waals surface area contributed by atoms with Gasteiger partial charge in [0.1, 0.15) is 6.61 Å². The molecule has 2 aliphatic heterocycles. The molecular formula is C23H25ClN2O4. The predicted molar refractivity (Wildman–Crippen MR) is 115 cm³/mol. The number of ether oxygens (including phenoxy) is 2. The first kappa shape index (κ1) is 20.7. The second-order valence-electron chi connectivity index (χ2n) is 7.69. The van der Waals surface area contributed by atoms with Crippen LogP contribution in [0.3, 0.4) is 0 Å². The smallest absolute Gasteiger partial charge is 0.255 e. The zero-order chi connectivity index (χ0) is 21.1. The van der Waals surface area contributed by atoms with E-state index in [0.717, 1.165) is 29.5 Å². The molecule has 1 fully saturated rings. The lowest BCUT2D eigenvalue weighted by atomic mass is 9.96. The molecule has 0 saturated carbocycles. The van der Waals surface area contributed by atoms with Crippen LogP contribution in [0.5, 0.6) is 5.75 Å². The second kappa shape index (κ2) is 9.06. The minimum absolute atomic E-state index is 0.0634. The van der Waals surface area contributed by atoms with Gasteiger partial charge in [-0.05, 0) is 61.1 Å². The van der Waals surface area contributed by atoms with E-state index in [9.17, 15) is 9.59 Å². The summed E-state index contributed by atoms with van der Waals surface area (Å²) in [5, 5.41) is 6.37. The number of carbonyl (C=O) groups excluding carboxylic acids is 2. The van der Waals surface area contributed by atoms with Crippen LogP contribution < -0.4 is 15.4 Å². The molecule has 0 unspecified atom stereocenters. The van der Waals surface area contributed by atoms with Crippen molar-refractivity contribution >= 4 is 23.4 Å². The molecule has 2 N–H and O–H groups in total. The van der Waals surface area contributed by atoms with Crippen LogP contribution in [0.2, 0.25) is 5.02 Å². The lowest BCUT2D eigenvalue weighted by molar-refractivity contribution is 0.0696. The molecule has 30 heavy (non-hydrogen) atoms. The quantitative estimate of drug-likeness (QED) is 0.783. The fourth-order valence-electron chi connectivity index (χ4n) is 3.79. The third-order valence-electron chi connectivity index (χ3n) is 5.62. The zero-order valence-corrected chi connectivity index (χ0v) is 17.7. The number of amides is 2. The van der Waals surface area contributed by atoms with Gasteiger partial charge >= 0.3 is 0 Å². The van der Waals surface area contributed by atoms with E-state index in [2.05, 4.69) is 10.6 Å².